The van der Waals surface area contributed by atoms with Crippen molar-refractivity contribution in [1.82, 2.24) is 0 Å². The van der Waals surface area contributed by atoms with E-state index in [0.29, 0.717) is 0 Å². The summed E-state index contributed by atoms with van der Waals surface area (Å²) in [4.78, 5) is 0. The van der Waals surface area contributed by atoms with Gasteiger partial charge in [-0.05, 0) is 42.0 Å². The van der Waals surface area contributed by atoms with Crippen LogP contribution < -0.4 is 4.74 Å². The van der Waals surface area contributed by atoms with Crippen LogP contribution in [0.15, 0.2) is 18.2 Å². The minimum Gasteiger partial charge on any atom is -0.497 e. The van der Waals surface area contributed by atoms with Gasteiger partial charge in [0.05, 0.1) is 7.11 Å². The molecule has 64 valence electrons. The van der Waals surface area contributed by atoms with E-state index >= 15 is 0 Å². The Kier molecular flexibility index (Phi) is 1.80. The topological polar surface area (TPSA) is 9.23 Å². The van der Waals surface area contributed by atoms with Gasteiger partial charge in [-0.25, -0.2) is 0 Å². The fourth-order valence-corrected chi connectivity index (χ4v) is 1.93. The van der Waals surface area contributed by atoms with E-state index in [-0.39, 0.29) is 0 Å². The molecular weight excluding hydrogens is 148 g/mol. The molecule has 0 unspecified atom stereocenters. The lowest BCUT2D eigenvalue weighted by Crippen LogP contribution is -1.88. The third-order valence-electron chi connectivity index (χ3n) is 2.73. The molecule has 0 saturated carbocycles. The lowest BCUT2D eigenvalue weighted by atomic mass is 10.0. The van der Waals surface area contributed by atoms with E-state index in [2.05, 4.69) is 25.1 Å². The molecule has 0 fully saturated rings. The van der Waals surface area contributed by atoms with Gasteiger partial charge in [0.1, 0.15) is 5.75 Å². The van der Waals surface area contributed by atoms with Crippen LogP contribution in [0.3, 0.4) is 0 Å². The number of ether oxygens (including phenoxy) is 1. The lowest BCUT2D eigenvalue weighted by Gasteiger charge is -2.05. The molecule has 2 rings (SSSR count). The van der Waals surface area contributed by atoms with Gasteiger partial charge >= 0.3 is 0 Å². The summed E-state index contributed by atoms with van der Waals surface area (Å²) in [5, 5.41) is 0. The predicted molar refractivity (Wildman–Crippen MR) is 49.7 cm³/mol. The Morgan fingerprint density at radius 1 is 1.42 bits per heavy atom. The average Bonchev–Trinajstić information content (AvgIpc) is 2.47. The molecule has 0 bridgehead atoms. The molecule has 1 heteroatoms. The summed E-state index contributed by atoms with van der Waals surface area (Å²) in [5.41, 5.74) is 2.98. The molecule has 0 aliphatic heterocycles. The Balaban J connectivity index is 2.41. The second-order valence-corrected chi connectivity index (χ2v) is 3.50. The van der Waals surface area contributed by atoms with E-state index in [1.165, 1.54) is 24.0 Å². The molecule has 0 saturated heterocycles. The fraction of sp³-hybridized carbons (Fsp3) is 0.455. The van der Waals surface area contributed by atoms with Gasteiger partial charge in [-0.3, -0.25) is 0 Å². The van der Waals surface area contributed by atoms with Gasteiger partial charge in [0.15, 0.2) is 0 Å². The molecule has 1 aromatic rings. The first-order valence-corrected chi connectivity index (χ1v) is 4.48. The number of fused-ring (bicyclic) bond motifs is 1. The zero-order chi connectivity index (χ0) is 8.55. The predicted octanol–water partition coefficient (Wildman–Crippen LogP) is 2.74. The van der Waals surface area contributed by atoms with Crippen molar-refractivity contribution in [3.63, 3.8) is 0 Å². The van der Waals surface area contributed by atoms with Crippen LogP contribution in [-0.4, -0.2) is 7.11 Å². The highest BCUT2D eigenvalue weighted by molar-refractivity contribution is 5.40. The fourth-order valence-electron chi connectivity index (χ4n) is 1.93. The Hall–Kier alpha value is -0.980. The first kappa shape index (κ1) is 7.66. The standard InChI is InChI=1S/C11H14O/c1-8-3-4-9-7-10(12-2)5-6-11(8)9/h5-8H,3-4H2,1-2H3/t8-/m1/s1. The molecule has 1 aliphatic rings. The van der Waals surface area contributed by atoms with Crippen LogP contribution in [0.5, 0.6) is 5.75 Å². The SMILES string of the molecule is COc1ccc2c(c1)CC[C@H]2C. The van der Waals surface area contributed by atoms with Gasteiger partial charge in [-0.15, -0.1) is 0 Å². The van der Waals surface area contributed by atoms with Gasteiger partial charge in [0.2, 0.25) is 0 Å². The summed E-state index contributed by atoms with van der Waals surface area (Å²) in [6.45, 7) is 2.29. The largest absolute Gasteiger partial charge is 0.497 e. The van der Waals surface area contributed by atoms with Crippen LogP contribution in [0.25, 0.3) is 0 Å². The number of methoxy groups -OCH3 is 1. The first-order chi connectivity index (χ1) is 5.81. The average molecular weight is 162 g/mol. The van der Waals surface area contributed by atoms with E-state index in [0.717, 1.165) is 11.7 Å². The number of aryl methyl sites for hydroxylation is 1. The van der Waals surface area contributed by atoms with Crippen LogP contribution in [0.4, 0.5) is 0 Å². The normalized spacial score (nSPS) is 20.7. The van der Waals surface area contributed by atoms with E-state index < -0.39 is 0 Å². The van der Waals surface area contributed by atoms with Crippen molar-refractivity contribution in [2.24, 2.45) is 0 Å². The molecule has 1 aliphatic carbocycles. The Morgan fingerprint density at radius 3 is 3.00 bits per heavy atom. The van der Waals surface area contributed by atoms with Gasteiger partial charge in [0.25, 0.3) is 0 Å². The first-order valence-electron chi connectivity index (χ1n) is 4.48. The van der Waals surface area contributed by atoms with Crippen molar-refractivity contribution in [1.29, 1.82) is 0 Å². The zero-order valence-corrected chi connectivity index (χ0v) is 7.63. The molecule has 0 N–H and O–H groups in total. The molecule has 0 amide bonds. The number of benzene rings is 1. The van der Waals surface area contributed by atoms with Crippen molar-refractivity contribution < 1.29 is 4.74 Å². The van der Waals surface area contributed by atoms with E-state index in [4.69, 9.17) is 4.74 Å². The van der Waals surface area contributed by atoms with Gasteiger partial charge in [-0.2, -0.15) is 0 Å². The number of rotatable bonds is 1. The van der Waals surface area contributed by atoms with E-state index in [9.17, 15) is 0 Å². The highest BCUT2D eigenvalue weighted by atomic mass is 16.5. The Morgan fingerprint density at radius 2 is 2.25 bits per heavy atom. The third-order valence-corrected chi connectivity index (χ3v) is 2.73. The number of hydrogen-bond donors (Lipinski definition) is 0. The van der Waals surface area contributed by atoms with Crippen molar-refractivity contribution in [3.05, 3.63) is 29.3 Å². The van der Waals surface area contributed by atoms with Crippen molar-refractivity contribution in [2.45, 2.75) is 25.7 Å². The molecular formula is C11H14O. The minimum atomic E-state index is 0.742. The Labute approximate surface area is 73.4 Å². The molecule has 0 spiro atoms. The molecule has 0 heterocycles. The maximum atomic E-state index is 5.17. The summed E-state index contributed by atoms with van der Waals surface area (Å²) in [7, 11) is 1.72. The maximum Gasteiger partial charge on any atom is 0.119 e. The smallest absolute Gasteiger partial charge is 0.119 e. The van der Waals surface area contributed by atoms with Gasteiger partial charge < -0.3 is 4.74 Å². The molecule has 1 aromatic carbocycles. The zero-order valence-electron chi connectivity index (χ0n) is 7.63. The monoisotopic (exact) mass is 162 g/mol. The quantitative estimate of drug-likeness (QED) is 0.617. The van der Waals surface area contributed by atoms with E-state index in [1.807, 2.05) is 0 Å². The molecule has 1 atom stereocenters. The minimum absolute atomic E-state index is 0.742. The highest BCUT2D eigenvalue weighted by Gasteiger charge is 2.18. The highest BCUT2D eigenvalue weighted by Crippen LogP contribution is 2.34. The van der Waals surface area contributed by atoms with Crippen LogP contribution in [0.2, 0.25) is 0 Å². The molecule has 0 aromatic heterocycles. The van der Waals surface area contributed by atoms with Crippen LogP contribution in [0, 0.1) is 0 Å². The molecule has 12 heavy (non-hydrogen) atoms. The number of hydrogen-bond acceptors (Lipinski definition) is 1. The van der Waals surface area contributed by atoms with Crippen molar-refractivity contribution >= 4 is 0 Å². The van der Waals surface area contributed by atoms with Crippen molar-refractivity contribution in [3.8, 4) is 5.75 Å². The second-order valence-electron chi connectivity index (χ2n) is 3.50. The molecule has 0 radical (unpaired) electrons. The summed E-state index contributed by atoms with van der Waals surface area (Å²) < 4.78 is 5.17. The van der Waals surface area contributed by atoms with Crippen LogP contribution in [-0.2, 0) is 6.42 Å². The lowest BCUT2D eigenvalue weighted by molar-refractivity contribution is 0.414. The summed E-state index contributed by atoms with van der Waals surface area (Å²) in [6, 6.07) is 6.42. The van der Waals surface area contributed by atoms with Gasteiger partial charge in [0, 0.05) is 0 Å². The van der Waals surface area contributed by atoms with Crippen LogP contribution >= 0.6 is 0 Å². The maximum absolute atomic E-state index is 5.17. The third kappa shape index (κ3) is 1.09. The Bertz CT molecular complexity index is 291. The second kappa shape index (κ2) is 2.81. The van der Waals surface area contributed by atoms with Crippen LogP contribution in [0.1, 0.15) is 30.4 Å². The summed E-state index contributed by atoms with van der Waals surface area (Å²) >= 11 is 0. The summed E-state index contributed by atoms with van der Waals surface area (Å²) in [6.07, 6.45) is 2.51. The summed E-state index contributed by atoms with van der Waals surface area (Å²) in [5.74, 6) is 1.73. The van der Waals surface area contributed by atoms with Gasteiger partial charge in [-0.1, -0.05) is 13.0 Å². The molecule has 1 nitrogen and oxygen atoms in total. The van der Waals surface area contributed by atoms with E-state index in [1.54, 1.807) is 7.11 Å². The van der Waals surface area contributed by atoms with Crippen molar-refractivity contribution in [2.75, 3.05) is 7.11 Å².